The molecule has 0 aliphatic rings. The normalized spacial score (nSPS) is 10.2. The Morgan fingerprint density at radius 2 is 1.62 bits per heavy atom. The van der Waals surface area contributed by atoms with Crippen LogP contribution in [-0.2, 0) is 16.1 Å². The van der Waals surface area contributed by atoms with Crippen LogP contribution in [0.15, 0.2) is 91.1 Å². The zero-order chi connectivity index (χ0) is 23.8. The summed E-state index contributed by atoms with van der Waals surface area (Å²) in [5.74, 6) is -0.432. The minimum absolute atomic E-state index is 0.189. The van der Waals surface area contributed by atoms with E-state index >= 15 is 0 Å². The number of rotatable bonds is 8. The van der Waals surface area contributed by atoms with Gasteiger partial charge < -0.3 is 14.8 Å². The highest BCUT2D eigenvalue weighted by Gasteiger charge is 2.17. The van der Waals surface area contributed by atoms with Crippen LogP contribution in [0.25, 0.3) is 5.69 Å². The number of nitriles is 1. The molecule has 1 aromatic heterocycles. The van der Waals surface area contributed by atoms with Gasteiger partial charge in [-0.25, -0.2) is 9.48 Å². The number of hydrogen-bond acceptors (Lipinski definition) is 6. The fourth-order valence-electron chi connectivity index (χ4n) is 3.13. The van der Waals surface area contributed by atoms with E-state index in [-0.39, 0.29) is 16.9 Å². The summed E-state index contributed by atoms with van der Waals surface area (Å²) in [5.41, 5.74) is 2.18. The third kappa shape index (κ3) is 5.47. The maximum Gasteiger partial charge on any atom is 0.338 e. The molecule has 168 valence electrons. The van der Waals surface area contributed by atoms with Crippen molar-refractivity contribution in [1.82, 2.24) is 9.78 Å². The lowest BCUT2D eigenvalue weighted by Gasteiger charge is -2.10. The van der Waals surface area contributed by atoms with Crippen LogP contribution in [0.5, 0.6) is 5.75 Å². The minimum Gasteiger partial charge on any atom is -0.489 e. The number of benzene rings is 3. The second kappa shape index (κ2) is 10.6. The lowest BCUT2D eigenvalue weighted by Crippen LogP contribution is -2.23. The van der Waals surface area contributed by atoms with Crippen LogP contribution in [0.3, 0.4) is 0 Å². The molecular weight excluding hydrogens is 432 g/mol. The molecule has 0 radical (unpaired) electrons. The number of ether oxygens (including phenoxy) is 2. The number of carbonyl (C=O) groups is 2. The Hall–Kier alpha value is -4.90. The van der Waals surface area contributed by atoms with Crippen molar-refractivity contribution in [3.63, 3.8) is 0 Å². The van der Waals surface area contributed by atoms with E-state index in [4.69, 9.17) is 9.47 Å². The van der Waals surface area contributed by atoms with Gasteiger partial charge in [-0.1, -0.05) is 48.5 Å². The molecular formula is C26H20N4O4. The topological polar surface area (TPSA) is 106 Å². The molecule has 0 saturated carbocycles. The van der Waals surface area contributed by atoms with E-state index in [2.05, 4.69) is 10.4 Å². The predicted octanol–water partition coefficient (Wildman–Crippen LogP) is 4.12. The second-order valence-electron chi connectivity index (χ2n) is 7.19. The van der Waals surface area contributed by atoms with Gasteiger partial charge >= 0.3 is 5.97 Å². The molecule has 0 atom stereocenters. The van der Waals surface area contributed by atoms with Crippen molar-refractivity contribution in [2.45, 2.75) is 6.61 Å². The Bertz CT molecular complexity index is 1310. The fraction of sp³-hybridized carbons (Fsp3) is 0.0769. The molecule has 34 heavy (non-hydrogen) atoms. The first-order chi connectivity index (χ1) is 16.6. The summed E-state index contributed by atoms with van der Waals surface area (Å²) in [6, 6.07) is 27.2. The van der Waals surface area contributed by atoms with Crippen LogP contribution in [-0.4, -0.2) is 28.3 Å². The fourth-order valence-corrected chi connectivity index (χ4v) is 3.13. The highest BCUT2D eigenvalue weighted by Crippen LogP contribution is 2.20. The zero-order valence-corrected chi connectivity index (χ0v) is 18.0. The summed E-state index contributed by atoms with van der Waals surface area (Å²) >= 11 is 0. The number of nitrogens with zero attached hydrogens (tertiary/aromatic N) is 3. The molecule has 3 aromatic carbocycles. The van der Waals surface area contributed by atoms with Crippen LogP contribution in [0, 0.1) is 11.3 Å². The maximum atomic E-state index is 12.4. The van der Waals surface area contributed by atoms with E-state index in [9.17, 15) is 14.9 Å². The Labute approximate surface area is 196 Å². The molecule has 0 spiro atoms. The molecule has 8 heteroatoms. The van der Waals surface area contributed by atoms with Crippen molar-refractivity contribution in [2.75, 3.05) is 11.9 Å². The predicted molar refractivity (Wildman–Crippen MR) is 124 cm³/mol. The van der Waals surface area contributed by atoms with Crippen LogP contribution < -0.4 is 10.1 Å². The van der Waals surface area contributed by atoms with E-state index in [1.54, 1.807) is 36.4 Å². The number of para-hydroxylation sites is 1. The van der Waals surface area contributed by atoms with Crippen molar-refractivity contribution >= 4 is 17.7 Å². The number of esters is 1. The van der Waals surface area contributed by atoms with Crippen LogP contribution in [0.1, 0.15) is 21.5 Å². The number of carbonyl (C=O) groups excluding carboxylic acids is 2. The third-order valence-corrected chi connectivity index (χ3v) is 4.82. The molecule has 1 heterocycles. The third-order valence-electron chi connectivity index (χ3n) is 4.82. The molecule has 8 nitrogen and oxygen atoms in total. The molecule has 4 rings (SSSR count). The standard InChI is InChI=1S/C26H20N4O4/c27-15-21-16-28-30(22-9-5-2-6-10-22)25(21)29-24(31)18-34-26(32)20-11-13-23(14-12-20)33-17-19-7-3-1-4-8-19/h1-14,16H,17-18H2,(H,29,31). The van der Waals surface area contributed by atoms with Crippen LogP contribution in [0.4, 0.5) is 5.82 Å². The molecule has 1 N–H and O–H groups in total. The summed E-state index contributed by atoms with van der Waals surface area (Å²) in [7, 11) is 0. The smallest absolute Gasteiger partial charge is 0.338 e. The highest BCUT2D eigenvalue weighted by molar-refractivity contribution is 5.95. The molecule has 0 aliphatic carbocycles. The van der Waals surface area contributed by atoms with Gasteiger partial charge in [-0.05, 0) is 42.0 Å². The van der Waals surface area contributed by atoms with Gasteiger partial charge in [0.05, 0.1) is 17.4 Å². The van der Waals surface area contributed by atoms with E-state index in [1.165, 1.54) is 10.9 Å². The van der Waals surface area contributed by atoms with Gasteiger partial charge in [0.2, 0.25) is 0 Å². The number of nitrogens with one attached hydrogen (secondary N) is 1. The summed E-state index contributed by atoms with van der Waals surface area (Å²) in [6.07, 6.45) is 1.36. The Morgan fingerprint density at radius 1 is 0.941 bits per heavy atom. The summed E-state index contributed by atoms with van der Waals surface area (Å²) < 4.78 is 12.3. The van der Waals surface area contributed by atoms with Gasteiger partial charge in [0.15, 0.2) is 12.4 Å². The van der Waals surface area contributed by atoms with Gasteiger partial charge in [0, 0.05) is 0 Å². The van der Waals surface area contributed by atoms with E-state index < -0.39 is 18.5 Å². The molecule has 1 amide bonds. The molecule has 0 bridgehead atoms. The lowest BCUT2D eigenvalue weighted by molar-refractivity contribution is -0.119. The largest absolute Gasteiger partial charge is 0.489 e. The van der Waals surface area contributed by atoms with E-state index in [1.807, 2.05) is 54.6 Å². The minimum atomic E-state index is -0.651. The first-order valence-corrected chi connectivity index (χ1v) is 10.4. The van der Waals surface area contributed by atoms with Crippen LogP contribution >= 0.6 is 0 Å². The van der Waals surface area contributed by atoms with Gasteiger partial charge in [-0.2, -0.15) is 10.4 Å². The van der Waals surface area contributed by atoms with Crippen molar-refractivity contribution in [3.05, 3.63) is 108 Å². The van der Waals surface area contributed by atoms with Gasteiger partial charge in [0.25, 0.3) is 5.91 Å². The van der Waals surface area contributed by atoms with E-state index in [0.717, 1.165) is 5.56 Å². The van der Waals surface area contributed by atoms with Gasteiger partial charge in [0.1, 0.15) is 24.0 Å². The van der Waals surface area contributed by atoms with Gasteiger partial charge in [-0.15, -0.1) is 0 Å². The van der Waals surface area contributed by atoms with E-state index in [0.29, 0.717) is 18.0 Å². The average Bonchev–Trinajstić information content (AvgIpc) is 3.29. The number of anilines is 1. The summed E-state index contributed by atoms with van der Waals surface area (Å²) in [4.78, 5) is 24.8. The number of aromatic nitrogens is 2. The molecule has 4 aromatic rings. The van der Waals surface area contributed by atoms with Crippen molar-refractivity contribution < 1.29 is 19.1 Å². The Morgan fingerprint density at radius 3 is 2.29 bits per heavy atom. The Balaban J connectivity index is 1.33. The number of hydrogen-bond donors (Lipinski definition) is 1. The first-order valence-electron chi connectivity index (χ1n) is 10.4. The first kappa shape index (κ1) is 22.3. The zero-order valence-electron chi connectivity index (χ0n) is 18.0. The molecule has 0 unspecified atom stereocenters. The molecule has 0 aliphatic heterocycles. The second-order valence-corrected chi connectivity index (χ2v) is 7.19. The summed E-state index contributed by atoms with van der Waals surface area (Å²) in [5, 5.41) is 16.1. The van der Waals surface area contributed by atoms with Crippen molar-refractivity contribution in [3.8, 4) is 17.5 Å². The molecule has 0 fully saturated rings. The highest BCUT2D eigenvalue weighted by atomic mass is 16.5. The lowest BCUT2D eigenvalue weighted by atomic mass is 10.2. The SMILES string of the molecule is N#Cc1cnn(-c2ccccc2)c1NC(=O)COC(=O)c1ccc(OCc2ccccc2)cc1. The number of amides is 1. The average molecular weight is 452 g/mol. The van der Waals surface area contributed by atoms with Crippen LogP contribution in [0.2, 0.25) is 0 Å². The van der Waals surface area contributed by atoms with Gasteiger partial charge in [-0.3, -0.25) is 4.79 Å². The summed E-state index contributed by atoms with van der Waals surface area (Å²) in [6.45, 7) is -0.106. The molecule has 0 saturated heterocycles. The Kier molecular flexibility index (Phi) is 6.96. The van der Waals surface area contributed by atoms with Crippen molar-refractivity contribution in [2.24, 2.45) is 0 Å². The maximum absolute atomic E-state index is 12.4. The van der Waals surface area contributed by atoms with Crippen molar-refractivity contribution in [1.29, 1.82) is 5.26 Å². The monoisotopic (exact) mass is 452 g/mol. The quantitative estimate of drug-likeness (QED) is 0.403.